The lowest BCUT2D eigenvalue weighted by molar-refractivity contribution is 1.59. The summed E-state index contributed by atoms with van der Waals surface area (Å²) >= 11 is 0. The summed E-state index contributed by atoms with van der Waals surface area (Å²) in [5.41, 5.74) is 1.70. The zero-order chi connectivity index (χ0) is 9.80. The molecule has 0 aromatic heterocycles. The lowest BCUT2D eigenvalue weighted by Gasteiger charge is -1.95. The summed E-state index contributed by atoms with van der Waals surface area (Å²) in [6.45, 7) is 0. The quantitative estimate of drug-likeness (QED) is 0.660. The van der Waals surface area contributed by atoms with Crippen molar-refractivity contribution in [2.24, 2.45) is 0 Å². The minimum Gasteiger partial charge on any atom is -0.289 e. The Morgan fingerprint density at radius 2 is 1.57 bits per heavy atom. The highest BCUT2D eigenvalue weighted by molar-refractivity contribution is 5.62. The van der Waals surface area contributed by atoms with E-state index >= 15 is 0 Å². The first-order valence-electron chi connectivity index (χ1n) is 4.44. The van der Waals surface area contributed by atoms with Crippen molar-refractivity contribution in [3.05, 3.63) is 70.9 Å². The second kappa shape index (κ2) is 3.88. The summed E-state index contributed by atoms with van der Waals surface area (Å²) < 4.78 is 0. The third-order valence-corrected chi connectivity index (χ3v) is 2.03. The van der Waals surface area contributed by atoms with Gasteiger partial charge in [0.15, 0.2) is 5.43 Å². The van der Waals surface area contributed by atoms with Gasteiger partial charge in [0.1, 0.15) is 0 Å². The van der Waals surface area contributed by atoms with Crippen LogP contribution in [0.1, 0.15) is 0 Å². The van der Waals surface area contributed by atoms with E-state index in [0.717, 1.165) is 11.1 Å². The van der Waals surface area contributed by atoms with E-state index in [4.69, 9.17) is 0 Å². The molecule has 0 N–H and O–H groups in total. The summed E-state index contributed by atoms with van der Waals surface area (Å²) in [5, 5.41) is 0. The lowest BCUT2D eigenvalue weighted by atomic mass is 10.1. The Morgan fingerprint density at radius 1 is 0.857 bits per heavy atom. The van der Waals surface area contributed by atoms with Crippen molar-refractivity contribution in [2.45, 2.75) is 0 Å². The van der Waals surface area contributed by atoms with Crippen molar-refractivity contribution < 1.29 is 0 Å². The van der Waals surface area contributed by atoms with Gasteiger partial charge in [0, 0.05) is 5.56 Å². The fourth-order valence-corrected chi connectivity index (χ4v) is 1.34. The van der Waals surface area contributed by atoms with Crippen molar-refractivity contribution in [1.29, 1.82) is 0 Å². The predicted molar refractivity (Wildman–Crippen MR) is 57.0 cm³/mol. The van der Waals surface area contributed by atoms with Gasteiger partial charge in [-0.3, -0.25) is 4.79 Å². The van der Waals surface area contributed by atoms with Crippen LogP contribution in [0, 0.1) is 6.07 Å². The van der Waals surface area contributed by atoms with E-state index in [1.54, 1.807) is 12.1 Å². The average Bonchev–Trinajstić information content (AvgIpc) is 2.44. The molecule has 0 unspecified atom stereocenters. The summed E-state index contributed by atoms with van der Waals surface area (Å²) in [7, 11) is 0. The molecule has 0 heterocycles. The van der Waals surface area contributed by atoms with Gasteiger partial charge in [0.25, 0.3) is 0 Å². The molecule has 14 heavy (non-hydrogen) atoms. The van der Waals surface area contributed by atoms with Gasteiger partial charge >= 0.3 is 0 Å². The van der Waals surface area contributed by atoms with E-state index in [1.807, 2.05) is 42.5 Å². The molecule has 2 aromatic carbocycles. The molecule has 1 radical (unpaired) electrons. The molecule has 2 rings (SSSR count). The maximum Gasteiger partial charge on any atom is 0.186 e. The first-order valence-corrected chi connectivity index (χ1v) is 4.44. The second-order valence-electron chi connectivity index (χ2n) is 2.98. The molecule has 67 valence electrons. The molecule has 1 heteroatoms. The highest BCUT2D eigenvalue weighted by atomic mass is 16.1. The maximum atomic E-state index is 11.6. The van der Waals surface area contributed by atoms with Crippen LogP contribution in [0.4, 0.5) is 0 Å². The van der Waals surface area contributed by atoms with E-state index in [0.29, 0.717) is 0 Å². The van der Waals surface area contributed by atoms with E-state index in [9.17, 15) is 4.79 Å². The van der Waals surface area contributed by atoms with Crippen LogP contribution in [-0.2, 0) is 0 Å². The smallest absolute Gasteiger partial charge is 0.186 e. The van der Waals surface area contributed by atoms with Crippen molar-refractivity contribution in [2.75, 3.05) is 0 Å². The van der Waals surface area contributed by atoms with E-state index in [2.05, 4.69) is 6.07 Å². The summed E-state index contributed by atoms with van der Waals surface area (Å²) in [4.78, 5) is 11.6. The summed E-state index contributed by atoms with van der Waals surface area (Å²) in [5.74, 6) is 0. The number of hydrogen-bond acceptors (Lipinski definition) is 1. The third-order valence-electron chi connectivity index (χ3n) is 2.03. The van der Waals surface area contributed by atoms with E-state index in [1.165, 1.54) is 0 Å². The van der Waals surface area contributed by atoms with Crippen molar-refractivity contribution in [3.63, 3.8) is 0 Å². The first-order chi connectivity index (χ1) is 6.88. The highest BCUT2D eigenvalue weighted by Gasteiger charge is 1.97. The molecule has 2 aromatic rings. The molecule has 0 aliphatic heterocycles. The van der Waals surface area contributed by atoms with Gasteiger partial charge in [0.2, 0.25) is 0 Å². The van der Waals surface area contributed by atoms with Crippen LogP contribution in [0.3, 0.4) is 0 Å². The Morgan fingerprint density at radius 3 is 2.36 bits per heavy atom. The van der Waals surface area contributed by atoms with Crippen molar-refractivity contribution in [3.8, 4) is 11.1 Å². The molecule has 0 aliphatic carbocycles. The van der Waals surface area contributed by atoms with Crippen molar-refractivity contribution >= 4 is 0 Å². The maximum absolute atomic E-state index is 11.6. The second-order valence-corrected chi connectivity index (χ2v) is 2.98. The van der Waals surface area contributed by atoms with Crippen LogP contribution in [-0.4, -0.2) is 0 Å². The Bertz CT molecular complexity index is 474. The summed E-state index contributed by atoms with van der Waals surface area (Å²) in [6.07, 6.45) is 0. The van der Waals surface area contributed by atoms with Gasteiger partial charge in [-0.05, 0) is 17.7 Å². The molecule has 0 saturated carbocycles. The van der Waals surface area contributed by atoms with Crippen LogP contribution in [0.5, 0.6) is 0 Å². The molecular weight excluding hydrogens is 172 g/mol. The third kappa shape index (κ3) is 1.72. The fraction of sp³-hybridized carbons (Fsp3) is 0. The molecule has 1 nitrogen and oxygen atoms in total. The summed E-state index contributed by atoms with van der Waals surface area (Å²) in [6, 6.07) is 19.2. The molecule has 0 saturated heterocycles. The molecule has 0 bridgehead atoms. The minimum absolute atomic E-state index is 0.0428. The standard InChI is InChI=1S/C13H9O/c14-13-10-6-2-5-9-12(13)11-7-3-1-4-8-11/h2-10H. The Hall–Kier alpha value is -1.89. The molecule has 0 spiro atoms. The monoisotopic (exact) mass is 181 g/mol. The fourth-order valence-electron chi connectivity index (χ4n) is 1.34. The lowest BCUT2D eigenvalue weighted by Crippen LogP contribution is -1.97. The van der Waals surface area contributed by atoms with Gasteiger partial charge in [0.05, 0.1) is 0 Å². The van der Waals surface area contributed by atoms with Gasteiger partial charge < -0.3 is 0 Å². The minimum atomic E-state index is 0.0428. The topological polar surface area (TPSA) is 17.1 Å². The molecule has 0 fully saturated rings. The number of rotatable bonds is 1. The SMILES string of the molecule is O=c1cccccc1-c1cc[c]cc1. The van der Waals surface area contributed by atoms with Gasteiger partial charge in [-0.25, -0.2) is 0 Å². The van der Waals surface area contributed by atoms with Crippen LogP contribution >= 0.6 is 0 Å². The zero-order valence-corrected chi connectivity index (χ0v) is 7.60. The Labute approximate surface area is 82.7 Å². The number of benzene rings is 1. The molecule has 0 aliphatic rings. The van der Waals surface area contributed by atoms with Gasteiger partial charge in [-0.15, -0.1) is 0 Å². The van der Waals surface area contributed by atoms with E-state index in [-0.39, 0.29) is 5.43 Å². The van der Waals surface area contributed by atoms with E-state index < -0.39 is 0 Å². The van der Waals surface area contributed by atoms with Gasteiger partial charge in [-0.1, -0.05) is 48.5 Å². The first kappa shape index (κ1) is 8.70. The van der Waals surface area contributed by atoms with Crippen LogP contribution in [0.2, 0.25) is 0 Å². The van der Waals surface area contributed by atoms with Crippen LogP contribution < -0.4 is 5.43 Å². The Balaban J connectivity index is 2.65. The molecule has 0 atom stereocenters. The van der Waals surface area contributed by atoms with Gasteiger partial charge in [-0.2, -0.15) is 0 Å². The average molecular weight is 181 g/mol. The van der Waals surface area contributed by atoms with Crippen LogP contribution in [0.25, 0.3) is 11.1 Å². The Kier molecular flexibility index (Phi) is 2.41. The van der Waals surface area contributed by atoms with Crippen molar-refractivity contribution in [1.82, 2.24) is 0 Å². The number of hydrogen-bond donors (Lipinski definition) is 0. The normalized spacial score (nSPS) is 9.71. The molecule has 0 amide bonds. The molecular formula is C13H9O. The largest absolute Gasteiger partial charge is 0.289 e. The van der Waals surface area contributed by atoms with Crippen LogP contribution in [0.15, 0.2) is 59.4 Å². The zero-order valence-electron chi connectivity index (χ0n) is 7.60. The highest BCUT2D eigenvalue weighted by Crippen LogP contribution is 2.12. The predicted octanol–water partition coefficient (Wildman–Crippen LogP) is 2.51.